The largest absolute Gasteiger partial charge is 0.263 e. The highest BCUT2D eigenvalue weighted by molar-refractivity contribution is 7.91. The molecule has 13 heavy (non-hydrogen) atoms. The van der Waals surface area contributed by atoms with Gasteiger partial charge in [0.2, 0.25) is 0 Å². The third-order valence-corrected chi connectivity index (χ3v) is 3.59. The van der Waals surface area contributed by atoms with E-state index in [0.717, 1.165) is 0 Å². The Bertz CT molecular complexity index is 350. The lowest BCUT2D eigenvalue weighted by molar-refractivity contribution is 0.594. The molecule has 0 atom stereocenters. The van der Waals surface area contributed by atoms with Crippen LogP contribution in [0.1, 0.15) is 6.42 Å². The molecule has 72 valence electrons. The van der Waals surface area contributed by atoms with Crippen LogP contribution in [0.15, 0.2) is 29.4 Å². The summed E-state index contributed by atoms with van der Waals surface area (Å²) in [6.45, 7) is 0. The molecule has 5 heteroatoms. The van der Waals surface area contributed by atoms with E-state index in [1.54, 1.807) is 12.3 Å². The average molecular weight is 220 g/mol. The zero-order chi connectivity index (χ0) is 9.73. The lowest BCUT2D eigenvalue weighted by Crippen LogP contribution is -2.07. The standard InChI is InChI=1S/C8H10ClNO2S/c9-4-2-6-13(11,12)8-3-1-5-10-7-8/h1,3,5,7H,2,4,6H2. The first-order chi connectivity index (χ1) is 6.17. The minimum absolute atomic E-state index is 0.0855. The Morgan fingerprint density at radius 1 is 1.46 bits per heavy atom. The SMILES string of the molecule is O=S(=O)(CCCCl)c1cccnc1. The maximum Gasteiger partial charge on any atom is 0.179 e. The topological polar surface area (TPSA) is 47.0 Å². The summed E-state index contributed by atoms with van der Waals surface area (Å²) >= 11 is 5.41. The summed E-state index contributed by atoms with van der Waals surface area (Å²) < 4.78 is 23.0. The van der Waals surface area contributed by atoms with Crippen LogP contribution >= 0.6 is 11.6 Å². The third-order valence-electron chi connectivity index (χ3n) is 1.54. The molecule has 1 aromatic heterocycles. The van der Waals surface area contributed by atoms with Gasteiger partial charge in [-0.3, -0.25) is 4.98 Å². The zero-order valence-corrected chi connectivity index (χ0v) is 8.55. The molecule has 1 rings (SSSR count). The zero-order valence-electron chi connectivity index (χ0n) is 6.98. The summed E-state index contributed by atoms with van der Waals surface area (Å²) in [6, 6.07) is 3.14. The Morgan fingerprint density at radius 2 is 2.23 bits per heavy atom. The second-order valence-electron chi connectivity index (χ2n) is 2.55. The number of sulfone groups is 1. The Kier molecular flexibility index (Phi) is 3.69. The van der Waals surface area contributed by atoms with E-state index in [9.17, 15) is 8.42 Å². The van der Waals surface area contributed by atoms with Crippen LogP contribution < -0.4 is 0 Å². The second kappa shape index (κ2) is 4.58. The van der Waals surface area contributed by atoms with Crippen molar-refractivity contribution in [2.24, 2.45) is 0 Å². The first kappa shape index (κ1) is 10.5. The molecule has 0 aliphatic carbocycles. The van der Waals surface area contributed by atoms with Crippen LogP contribution in [0.4, 0.5) is 0 Å². The molecule has 0 spiro atoms. The van der Waals surface area contributed by atoms with Gasteiger partial charge >= 0.3 is 0 Å². The molecule has 0 N–H and O–H groups in total. The monoisotopic (exact) mass is 219 g/mol. The maximum absolute atomic E-state index is 11.5. The van der Waals surface area contributed by atoms with Crippen LogP contribution in [-0.4, -0.2) is 25.0 Å². The van der Waals surface area contributed by atoms with Crippen molar-refractivity contribution in [3.63, 3.8) is 0 Å². The van der Waals surface area contributed by atoms with Crippen LogP contribution in [0, 0.1) is 0 Å². The maximum atomic E-state index is 11.5. The molecule has 1 aromatic rings. The molecular formula is C8H10ClNO2S. The predicted octanol–water partition coefficient (Wildman–Crippen LogP) is 1.48. The molecule has 0 bridgehead atoms. The molecule has 0 unspecified atom stereocenters. The van der Waals surface area contributed by atoms with Crippen LogP contribution in [0.5, 0.6) is 0 Å². The van der Waals surface area contributed by atoms with E-state index in [-0.39, 0.29) is 10.6 Å². The van der Waals surface area contributed by atoms with E-state index in [2.05, 4.69) is 4.98 Å². The van der Waals surface area contributed by atoms with Gasteiger partial charge in [0.25, 0.3) is 0 Å². The lowest BCUT2D eigenvalue weighted by Gasteiger charge is -2.00. The molecule has 0 amide bonds. The van der Waals surface area contributed by atoms with Crippen molar-refractivity contribution in [1.29, 1.82) is 0 Å². The van der Waals surface area contributed by atoms with E-state index < -0.39 is 9.84 Å². The summed E-state index contributed by atoms with van der Waals surface area (Å²) in [5.74, 6) is 0.446. The number of halogens is 1. The highest BCUT2D eigenvalue weighted by Crippen LogP contribution is 2.09. The first-order valence-electron chi connectivity index (χ1n) is 3.85. The number of alkyl halides is 1. The normalized spacial score (nSPS) is 11.5. The van der Waals surface area contributed by atoms with Gasteiger partial charge in [0, 0.05) is 18.3 Å². The molecule has 0 fully saturated rings. The smallest absolute Gasteiger partial charge is 0.179 e. The molecule has 0 radical (unpaired) electrons. The van der Waals surface area contributed by atoms with Gasteiger partial charge in [-0.05, 0) is 18.6 Å². The highest BCUT2D eigenvalue weighted by Gasteiger charge is 2.12. The highest BCUT2D eigenvalue weighted by atomic mass is 35.5. The quantitative estimate of drug-likeness (QED) is 0.721. The van der Waals surface area contributed by atoms with Crippen LogP contribution in [-0.2, 0) is 9.84 Å². The number of hydrogen-bond acceptors (Lipinski definition) is 3. The fourth-order valence-electron chi connectivity index (χ4n) is 0.893. The van der Waals surface area contributed by atoms with Crippen LogP contribution in [0.3, 0.4) is 0 Å². The summed E-state index contributed by atoms with van der Waals surface area (Å²) in [5.41, 5.74) is 0. The van der Waals surface area contributed by atoms with E-state index in [1.165, 1.54) is 12.3 Å². The van der Waals surface area contributed by atoms with Crippen LogP contribution in [0.25, 0.3) is 0 Å². The molecule has 0 saturated heterocycles. The fourth-order valence-corrected chi connectivity index (χ4v) is 2.45. The molecule has 1 heterocycles. The number of rotatable bonds is 4. The lowest BCUT2D eigenvalue weighted by atomic mass is 10.5. The van der Waals surface area contributed by atoms with Crippen molar-refractivity contribution in [2.45, 2.75) is 11.3 Å². The van der Waals surface area contributed by atoms with Gasteiger partial charge in [0.1, 0.15) is 0 Å². The van der Waals surface area contributed by atoms with Crippen molar-refractivity contribution < 1.29 is 8.42 Å². The van der Waals surface area contributed by atoms with Crippen molar-refractivity contribution in [3.05, 3.63) is 24.5 Å². The van der Waals surface area contributed by atoms with E-state index >= 15 is 0 Å². The molecule has 3 nitrogen and oxygen atoms in total. The molecule has 0 aliphatic heterocycles. The van der Waals surface area contributed by atoms with Crippen molar-refractivity contribution in [2.75, 3.05) is 11.6 Å². The number of nitrogens with zero attached hydrogens (tertiary/aromatic N) is 1. The van der Waals surface area contributed by atoms with Gasteiger partial charge < -0.3 is 0 Å². The van der Waals surface area contributed by atoms with Crippen molar-refractivity contribution >= 4 is 21.4 Å². The summed E-state index contributed by atoms with van der Waals surface area (Å²) in [6.07, 6.45) is 3.36. The molecular weight excluding hydrogens is 210 g/mol. The Hall–Kier alpha value is -0.610. The Morgan fingerprint density at radius 3 is 2.77 bits per heavy atom. The molecule has 0 aliphatic rings. The fraction of sp³-hybridized carbons (Fsp3) is 0.375. The number of aromatic nitrogens is 1. The third kappa shape index (κ3) is 2.97. The molecule has 0 aromatic carbocycles. The first-order valence-corrected chi connectivity index (χ1v) is 6.04. The number of hydrogen-bond donors (Lipinski definition) is 0. The minimum atomic E-state index is -3.17. The van der Waals surface area contributed by atoms with Gasteiger partial charge in [-0.1, -0.05) is 0 Å². The number of pyridine rings is 1. The van der Waals surface area contributed by atoms with Gasteiger partial charge in [0.15, 0.2) is 9.84 Å². The van der Waals surface area contributed by atoms with Gasteiger partial charge in [-0.25, -0.2) is 8.42 Å². The molecule has 0 saturated carbocycles. The van der Waals surface area contributed by atoms with E-state index in [4.69, 9.17) is 11.6 Å². The van der Waals surface area contributed by atoms with Gasteiger partial charge in [0.05, 0.1) is 10.6 Å². The van der Waals surface area contributed by atoms with Crippen molar-refractivity contribution in [1.82, 2.24) is 4.98 Å². The summed E-state index contributed by atoms with van der Waals surface area (Å²) in [4.78, 5) is 4.01. The van der Waals surface area contributed by atoms with Gasteiger partial charge in [-0.15, -0.1) is 11.6 Å². The minimum Gasteiger partial charge on any atom is -0.263 e. The average Bonchev–Trinajstić information content (AvgIpc) is 2.16. The van der Waals surface area contributed by atoms with E-state index in [1.807, 2.05) is 0 Å². The van der Waals surface area contributed by atoms with Gasteiger partial charge in [-0.2, -0.15) is 0 Å². The summed E-state index contributed by atoms with van der Waals surface area (Å²) in [5, 5.41) is 0. The Balaban J connectivity index is 2.83. The Labute approximate surface area is 82.7 Å². The van der Waals surface area contributed by atoms with E-state index in [0.29, 0.717) is 12.3 Å². The predicted molar refractivity (Wildman–Crippen MR) is 51.6 cm³/mol. The second-order valence-corrected chi connectivity index (χ2v) is 5.04. The van der Waals surface area contributed by atoms with Crippen molar-refractivity contribution in [3.8, 4) is 0 Å². The van der Waals surface area contributed by atoms with Crippen LogP contribution in [0.2, 0.25) is 0 Å². The summed E-state index contributed by atoms with van der Waals surface area (Å²) in [7, 11) is -3.17.